The van der Waals surface area contributed by atoms with Gasteiger partial charge in [-0.15, -0.1) is 11.3 Å². The Labute approximate surface area is 277 Å². The second kappa shape index (κ2) is 16.5. The third kappa shape index (κ3) is 9.24. The van der Waals surface area contributed by atoms with Crippen molar-refractivity contribution in [2.75, 3.05) is 13.2 Å². The topological polar surface area (TPSA) is 76.5 Å². The van der Waals surface area contributed by atoms with Crippen LogP contribution >= 0.6 is 34.5 Å². The third-order valence-corrected chi connectivity index (χ3v) is 6.64. The number of benzene rings is 2. The number of carbonyl (C=O) groups is 2. The van der Waals surface area contributed by atoms with Gasteiger partial charge in [-0.25, -0.2) is 14.2 Å². The van der Waals surface area contributed by atoms with Crippen molar-refractivity contribution in [3.63, 3.8) is 0 Å². The van der Waals surface area contributed by atoms with Crippen LogP contribution in [-0.4, -0.2) is 35.1 Å². The van der Waals surface area contributed by atoms with Crippen LogP contribution in [0.2, 0.25) is 10.0 Å². The van der Waals surface area contributed by atoms with E-state index in [-0.39, 0.29) is 94.0 Å². The first-order chi connectivity index (χ1) is 16.7. The fraction of sp³-hybridized carbons (Fsp3) is 0.269. The van der Waals surface area contributed by atoms with Gasteiger partial charge in [-0.05, 0) is 56.0 Å². The molecule has 1 N–H and O–H groups in total. The van der Waals surface area contributed by atoms with E-state index in [0.29, 0.717) is 48.4 Å². The maximum absolute atomic E-state index is 15.1. The van der Waals surface area contributed by atoms with Crippen LogP contribution in [0.15, 0.2) is 41.3 Å². The van der Waals surface area contributed by atoms with E-state index in [1.165, 1.54) is 25.1 Å². The Kier molecular flexibility index (Phi) is 15.4. The zero-order valence-corrected chi connectivity index (χ0v) is 27.6. The van der Waals surface area contributed by atoms with E-state index in [9.17, 15) is 9.59 Å². The van der Waals surface area contributed by atoms with Gasteiger partial charge >= 0.3 is 65.1 Å². The second-order valence-corrected chi connectivity index (χ2v) is 9.52. The maximum atomic E-state index is 15.1. The van der Waals surface area contributed by atoms with Crippen LogP contribution in [0.25, 0.3) is 17.3 Å². The molecule has 1 aromatic heterocycles. The quantitative estimate of drug-likeness (QED) is 0.160. The van der Waals surface area contributed by atoms with E-state index in [4.69, 9.17) is 33.0 Å². The van der Waals surface area contributed by atoms with Gasteiger partial charge in [-0.1, -0.05) is 42.3 Å². The van der Waals surface area contributed by atoms with E-state index in [1.807, 2.05) is 6.92 Å². The molecular weight excluding hydrogens is 558 g/mol. The van der Waals surface area contributed by atoms with Gasteiger partial charge in [0.05, 0.1) is 15.7 Å². The molecule has 0 fully saturated rings. The van der Waals surface area contributed by atoms with Crippen LogP contribution < -0.4 is 59.1 Å². The van der Waals surface area contributed by atoms with Crippen LogP contribution in [0.5, 0.6) is 0 Å². The molecule has 0 aliphatic rings. The summed E-state index contributed by atoms with van der Waals surface area (Å²) in [4.78, 5) is 28.5. The average Bonchev–Trinajstić information content (AvgIpc) is 3.31. The van der Waals surface area contributed by atoms with E-state index in [1.54, 1.807) is 23.6 Å². The number of ketones is 1. The number of rotatable bonds is 11. The summed E-state index contributed by atoms with van der Waals surface area (Å²) >= 11 is 13.6. The SMILES string of the molecule is CCCOCCCc1cccc(-c2csc(C(=O)c3cc(Cl)c(/C=C(\C)C(=O)O)c(Cl)c3)n2)c1F.[H-].[H-].[Na+].[Na+]. The van der Waals surface area contributed by atoms with Crippen molar-refractivity contribution < 1.29 is 85.8 Å². The minimum absolute atomic E-state index is 0. The zero-order valence-electron chi connectivity index (χ0n) is 23.2. The number of halogens is 3. The van der Waals surface area contributed by atoms with Gasteiger partial charge in [-0.3, -0.25) is 4.79 Å². The standard InChI is InChI=1S/C26H24Cl2FNO4S.2Na.2H/c1-3-9-34-10-5-7-16-6-4-8-18(23(16)29)22-14-35-25(30-22)24(31)17-12-20(27)19(21(28)13-17)11-15(2)26(32)33;;;;/h4,6,8,11-14H,3,5,7,9-10H2,1-2H3,(H,32,33);;;;/q;2*+1;2*-1/b15-11+;;;;. The Morgan fingerprint density at radius 1 is 1.19 bits per heavy atom. The monoisotopic (exact) mass is 583 g/mol. The number of nitrogens with zero attached hydrogens (tertiary/aromatic N) is 1. The van der Waals surface area contributed by atoms with Crippen molar-refractivity contribution in [3.8, 4) is 11.3 Å². The molecule has 0 saturated carbocycles. The minimum Gasteiger partial charge on any atom is -1.00 e. The fourth-order valence-corrected chi connectivity index (χ4v) is 4.71. The smallest absolute Gasteiger partial charge is 1.00 e. The number of carboxylic acids is 1. The Bertz CT molecular complexity index is 1270. The molecule has 2 aromatic carbocycles. The van der Waals surface area contributed by atoms with Crippen LogP contribution in [0.4, 0.5) is 4.39 Å². The molecule has 0 radical (unpaired) electrons. The van der Waals surface area contributed by atoms with Crippen LogP contribution in [-0.2, 0) is 16.0 Å². The van der Waals surface area contributed by atoms with E-state index in [2.05, 4.69) is 4.98 Å². The summed E-state index contributed by atoms with van der Waals surface area (Å²) in [5, 5.41) is 11.2. The minimum atomic E-state index is -1.10. The van der Waals surface area contributed by atoms with Gasteiger partial charge in [0, 0.05) is 40.9 Å². The fourth-order valence-electron chi connectivity index (χ4n) is 3.34. The predicted octanol–water partition coefficient (Wildman–Crippen LogP) is 1.57. The first-order valence-electron chi connectivity index (χ1n) is 11.0. The van der Waals surface area contributed by atoms with Crippen molar-refractivity contribution in [2.24, 2.45) is 0 Å². The normalized spacial score (nSPS) is 11.0. The van der Waals surface area contributed by atoms with Gasteiger partial charge in [0.2, 0.25) is 5.78 Å². The molecule has 0 saturated heterocycles. The van der Waals surface area contributed by atoms with Crippen LogP contribution in [0.1, 0.15) is 56.0 Å². The molecule has 0 bridgehead atoms. The Balaban J connectivity index is 0. The van der Waals surface area contributed by atoms with Gasteiger partial charge in [-0.2, -0.15) is 0 Å². The maximum Gasteiger partial charge on any atom is 1.00 e. The molecule has 3 rings (SSSR count). The number of carboxylic acid groups (broad SMARTS) is 1. The summed E-state index contributed by atoms with van der Waals surface area (Å²) in [5.41, 5.74) is 1.83. The predicted molar refractivity (Wildman–Crippen MR) is 140 cm³/mol. The van der Waals surface area contributed by atoms with Gasteiger partial charge < -0.3 is 12.7 Å². The number of carbonyl (C=O) groups excluding carboxylic acids is 1. The number of ether oxygens (including phenoxy) is 1. The first kappa shape index (κ1) is 34.4. The molecular formula is C26H26Cl2FNNa2O4S. The van der Waals surface area contributed by atoms with E-state index >= 15 is 4.39 Å². The average molecular weight is 584 g/mol. The summed E-state index contributed by atoms with van der Waals surface area (Å²) < 4.78 is 20.6. The van der Waals surface area contributed by atoms with Crippen molar-refractivity contribution >= 4 is 52.4 Å². The molecule has 0 atom stereocenters. The number of hydrogen-bond acceptors (Lipinski definition) is 5. The summed E-state index contributed by atoms with van der Waals surface area (Å²) in [6.45, 7) is 4.72. The first-order valence-corrected chi connectivity index (χ1v) is 12.6. The molecule has 188 valence electrons. The Morgan fingerprint density at radius 2 is 1.86 bits per heavy atom. The number of thiazole rings is 1. The van der Waals surface area contributed by atoms with Crippen molar-refractivity contribution in [1.82, 2.24) is 4.98 Å². The summed E-state index contributed by atoms with van der Waals surface area (Å²) in [7, 11) is 0. The number of aryl methyl sites for hydroxylation is 1. The zero-order chi connectivity index (χ0) is 25.5. The van der Waals surface area contributed by atoms with E-state index in [0.717, 1.165) is 17.8 Å². The van der Waals surface area contributed by atoms with Gasteiger partial charge in [0.25, 0.3) is 0 Å². The number of hydrogen-bond donors (Lipinski definition) is 1. The number of aromatic nitrogens is 1. The van der Waals surface area contributed by atoms with Crippen LogP contribution in [0, 0.1) is 5.82 Å². The second-order valence-electron chi connectivity index (χ2n) is 7.85. The molecule has 0 amide bonds. The third-order valence-electron chi connectivity index (χ3n) is 5.18. The van der Waals surface area contributed by atoms with Crippen LogP contribution in [0.3, 0.4) is 0 Å². The largest absolute Gasteiger partial charge is 1.00 e. The molecule has 0 aliphatic heterocycles. The van der Waals surface area contributed by atoms with Gasteiger partial charge in [0.15, 0.2) is 5.01 Å². The van der Waals surface area contributed by atoms with Crippen molar-refractivity contribution in [3.05, 3.63) is 78.8 Å². The molecule has 0 unspecified atom stereocenters. The number of aliphatic carboxylic acids is 1. The molecule has 1 heterocycles. The molecule has 37 heavy (non-hydrogen) atoms. The van der Waals surface area contributed by atoms with Crippen molar-refractivity contribution in [1.29, 1.82) is 0 Å². The van der Waals surface area contributed by atoms with Crippen molar-refractivity contribution in [2.45, 2.75) is 33.1 Å². The molecule has 0 spiro atoms. The Hall–Kier alpha value is -0.580. The summed E-state index contributed by atoms with van der Waals surface area (Å²) in [6.07, 6.45) is 3.53. The Morgan fingerprint density at radius 3 is 2.49 bits per heavy atom. The van der Waals surface area contributed by atoms with E-state index < -0.39 is 11.8 Å². The molecule has 3 aromatic rings. The molecule has 11 heteroatoms. The summed E-state index contributed by atoms with van der Waals surface area (Å²) in [5.74, 6) is -1.88. The summed E-state index contributed by atoms with van der Waals surface area (Å²) in [6, 6.07) is 7.98. The molecule has 5 nitrogen and oxygen atoms in total. The molecule has 0 aliphatic carbocycles. The van der Waals surface area contributed by atoms with Gasteiger partial charge in [0.1, 0.15) is 5.82 Å².